The summed E-state index contributed by atoms with van der Waals surface area (Å²) < 4.78 is 105. The molecule has 0 aromatic heterocycles. The first-order valence-electron chi connectivity index (χ1n) is 5.70. The fourth-order valence-corrected chi connectivity index (χ4v) is 1.36. The highest BCUT2D eigenvalue weighted by Crippen LogP contribution is 2.48. The number of alkyl halides is 8. The molecular formula is C12H8F8O3. The zero-order valence-electron chi connectivity index (χ0n) is 10.9. The third-order valence-corrected chi connectivity index (χ3v) is 2.65. The van der Waals surface area contributed by atoms with Crippen LogP contribution in [0.5, 0.6) is 5.75 Å². The van der Waals surface area contributed by atoms with Gasteiger partial charge in [0.2, 0.25) is 0 Å². The van der Waals surface area contributed by atoms with Gasteiger partial charge in [0.05, 0.1) is 5.56 Å². The second-order valence-corrected chi connectivity index (χ2v) is 4.32. The molecule has 1 N–H and O–H groups in total. The molecule has 23 heavy (non-hydrogen) atoms. The van der Waals surface area contributed by atoms with Crippen molar-refractivity contribution in [2.45, 2.75) is 24.2 Å². The number of hydrogen-bond acceptors (Lipinski definition) is 2. The van der Waals surface area contributed by atoms with Crippen LogP contribution in [0.15, 0.2) is 24.3 Å². The van der Waals surface area contributed by atoms with E-state index < -0.39 is 48.1 Å². The van der Waals surface area contributed by atoms with Crippen LogP contribution in [0.1, 0.15) is 10.4 Å². The number of rotatable bonds is 7. The quantitative estimate of drug-likeness (QED) is 0.757. The van der Waals surface area contributed by atoms with Crippen LogP contribution in [0.3, 0.4) is 0 Å². The van der Waals surface area contributed by atoms with E-state index in [0.717, 1.165) is 18.2 Å². The summed E-state index contributed by atoms with van der Waals surface area (Å²) in [5.74, 6) is -20.4. The van der Waals surface area contributed by atoms with Crippen LogP contribution >= 0.6 is 0 Å². The molecule has 0 unspecified atom stereocenters. The van der Waals surface area contributed by atoms with Gasteiger partial charge in [0.25, 0.3) is 0 Å². The van der Waals surface area contributed by atoms with E-state index in [2.05, 4.69) is 4.74 Å². The van der Waals surface area contributed by atoms with E-state index in [1.807, 2.05) is 0 Å². The van der Waals surface area contributed by atoms with E-state index in [-0.39, 0.29) is 0 Å². The summed E-state index contributed by atoms with van der Waals surface area (Å²) >= 11 is 0. The maximum atomic E-state index is 13.2. The van der Waals surface area contributed by atoms with E-state index >= 15 is 0 Å². The van der Waals surface area contributed by atoms with Gasteiger partial charge in [0.1, 0.15) is 5.75 Å². The summed E-state index contributed by atoms with van der Waals surface area (Å²) in [6, 6.07) is 3.60. The van der Waals surface area contributed by atoms with Crippen LogP contribution in [-0.4, -0.2) is 41.9 Å². The number of carboxylic acids is 1. The molecule has 3 nitrogen and oxygen atoms in total. The Morgan fingerprint density at radius 3 is 2.17 bits per heavy atom. The maximum absolute atomic E-state index is 13.2. The van der Waals surface area contributed by atoms with E-state index in [9.17, 15) is 39.9 Å². The van der Waals surface area contributed by atoms with Crippen LogP contribution in [0.4, 0.5) is 35.1 Å². The van der Waals surface area contributed by atoms with Gasteiger partial charge in [-0.2, -0.15) is 26.3 Å². The summed E-state index contributed by atoms with van der Waals surface area (Å²) in [7, 11) is 0. The topological polar surface area (TPSA) is 46.5 Å². The molecule has 0 aliphatic rings. The largest absolute Gasteiger partial charge is 0.487 e. The first-order chi connectivity index (χ1) is 10.3. The molecule has 0 amide bonds. The highest BCUT2D eigenvalue weighted by Gasteiger charge is 2.75. The van der Waals surface area contributed by atoms with Crippen LogP contribution in [0, 0.1) is 0 Å². The highest BCUT2D eigenvalue weighted by molar-refractivity contribution is 5.87. The number of carboxylic acid groups (broad SMARTS) is 1. The molecule has 0 fully saturated rings. The maximum Gasteiger partial charge on any atom is 0.381 e. The molecule has 0 saturated carbocycles. The molecule has 0 heterocycles. The summed E-state index contributed by atoms with van der Waals surface area (Å²) in [6.45, 7) is -2.36. The van der Waals surface area contributed by atoms with Gasteiger partial charge in [0.15, 0.2) is 6.61 Å². The molecule has 11 heteroatoms. The predicted octanol–water partition coefficient (Wildman–Crippen LogP) is 3.93. The van der Waals surface area contributed by atoms with E-state index in [1.165, 1.54) is 0 Å². The van der Waals surface area contributed by atoms with Gasteiger partial charge in [-0.3, -0.25) is 0 Å². The van der Waals surface area contributed by atoms with Crippen LogP contribution in [-0.2, 0) is 0 Å². The van der Waals surface area contributed by atoms with Gasteiger partial charge in [-0.15, -0.1) is 0 Å². The van der Waals surface area contributed by atoms with Gasteiger partial charge in [-0.1, -0.05) is 6.07 Å². The number of ether oxygens (including phenoxy) is 1. The Bertz CT molecular complexity index is 573. The SMILES string of the molecule is O=C(O)c1cccc(OCC(F)(F)C(F)(F)C(F)(F)C(F)F)c1. The molecule has 1 aromatic rings. The third-order valence-electron chi connectivity index (χ3n) is 2.65. The number of carbonyl (C=O) groups is 1. The van der Waals surface area contributed by atoms with Crippen LogP contribution in [0.2, 0.25) is 0 Å². The Morgan fingerprint density at radius 2 is 1.70 bits per heavy atom. The number of aromatic carboxylic acids is 1. The summed E-state index contributed by atoms with van der Waals surface area (Å²) in [5.41, 5.74) is -0.449. The molecule has 0 saturated heterocycles. The predicted molar refractivity (Wildman–Crippen MR) is 59.7 cm³/mol. The fraction of sp³-hybridized carbons (Fsp3) is 0.417. The molecule has 0 aliphatic heterocycles. The van der Waals surface area contributed by atoms with Gasteiger partial charge in [-0.25, -0.2) is 13.6 Å². The van der Waals surface area contributed by atoms with Gasteiger partial charge in [-0.05, 0) is 18.2 Å². The molecule has 0 spiro atoms. The molecule has 0 aliphatic carbocycles. The van der Waals surface area contributed by atoms with E-state index in [4.69, 9.17) is 5.11 Å². The minimum absolute atomic E-state index is 0.449. The van der Waals surface area contributed by atoms with Crippen molar-refractivity contribution in [3.63, 3.8) is 0 Å². The molecule has 0 radical (unpaired) electrons. The number of halogens is 8. The van der Waals surface area contributed by atoms with Crippen molar-refractivity contribution in [1.82, 2.24) is 0 Å². The van der Waals surface area contributed by atoms with Crippen LogP contribution in [0.25, 0.3) is 0 Å². The lowest BCUT2D eigenvalue weighted by Crippen LogP contribution is -2.59. The minimum Gasteiger partial charge on any atom is -0.487 e. The number of benzene rings is 1. The second-order valence-electron chi connectivity index (χ2n) is 4.32. The standard InChI is InChI=1S/C12H8F8O3/c13-9(14)11(17,18)12(19,20)10(15,16)5-23-7-3-1-2-6(4-7)8(21)22/h1-4,9H,5H2,(H,21,22). The second kappa shape index (κ2) is 6.20. The average Bonchev–Trinajstić information content (AvgIpc) is 2.45. The zero-order chi connectivity index (χ0) is 18.1. The van der Waals surface area contributed by atoms with Crippen molar-refractivity contribution in [2.24, 2.45) is 0 Å². The Balaban J connectivity index is 2.94. The highest BCUT2D eigenvalue weighted by atomic mass is 19.4. The minimum atomic E-state index is -6.38. The van der Waals surface area contributed by atoms with Crippen molar-refractivity contribution in [3.8, 4) is 5.75 Å². The molecule has 1 aromatic carbocycles. The third kappa shape index (κ3) is 3.64. The lowest BCUT2D eigenvalue weighted by Gasteiger charge is -2.32. The van der Waals surface area contributed by atoms with Crippen molar-refractivity contribution >= 4 is 5.97 Å². The summed E-state index contributed by atoms with van der Waals surface area (Å²) in [6.07, 6.45) is -5.02. The first-order valence-corrected chi connectivity index (χ1v) is 5.70. The smallest absolute Gasteiger partial charge is 0.381 e. The van der Waals surface area contributed by atoms with E-state index in [1.54, 1.807) is 0 Å². The van der Waals surface area contributed by atoms with Gasteiger partial charge in [0, 0.05) is 0 Å². The lowest BCUT2D eigenvalue weighted by atomic mass is 10.1. The number of hydrogen-bond donors (Lipinski definition) is 1. The van der Waals surface area contributed by atoms with E-state index in [0.29, 0.717) is 6.07 Å². The van der Waals surface area contributed by atoms with Crippen molar-refractivity contribution in [2.75, 3.05) is 6.61 Å². The molecule has 0 atom stereocenters. The Labute approximate surface area is 123 Å². The lowest BCUT2D eigenvalue weighted by molar-refractivity contribution is -0.342. The molecular weight excluding hydrogens is 344 g/mol. The van der Waals surface area contributed by atoms with Crippen LogP contribution < -0.4 is 4.74 Å². The van der Waals surface area contributed by atoms with Crippen molar-refractivity contribution in [3.05, 3.63) is 29.8 Å². The Morgan fingerprint density at radius 1 is 1.13 bits per heavy atom. The van der Waals surface area contributed by atoms with Gasteiger partial charge >= 0.3 is 30.2 Å². The van der Waals surface area contributed by atoms with Crippen molar-refractivity contribution < 1.29 is 49.8 Å². The Kier molecular flexibility index (Phi) is 5.12. The normalized spacial score (nSPS) is 13.3. The molecule has 0 bridgehead atoms. The van der Waals surface area contributed by atoms with Crippen molar-refractivity contribution in [1.29, 1.82) is 0 Å². The molecule has 130 valence electrons. The van der Waals surface area contributed by atoms with Gasteiger partial charge < -0.3 is 9.84 Å². The zero-order valence-corrected chi connectivity index (χ0v) is 10.9. The average molecular weight is 352 g/mol. The molecule has 1 rings (SSSR count). The Hall–Kier alpha value is -2.07. The summed E-state index contributed by atoms with van der Waals surface area (Å²) in [5, 5.41) is 8.63. The first kappa shape index (κ1) is 19.0. The summed E-state index contributed by atoms with van der Waals surface area (Å²) in [4.78, 5) is 10.6. The monoisotopic (exact) mass is 352 g/mol. The fourth-order valence-electron chi connectivity index (χ4n) is 1.36.